The van der Waals surface area contributed by atoms with Gasteiger partial charge in [0.25, 0.3) is 5.91 Å². The molecule has 1 aromatic heterocycles. The van der Waals surface area contributed by atoms with Crippen LogP contribution in [0.25, 0.3) is 0 Å². The van der Waals surface area contributed by atoms with E-state index in [0.29, 0.717) is 37.7 Å². The van der Waals surface area contributed by atoms with Crippen molar-refractivity contribution in [1.82, 2.24) is 9.97 Å². The van der Waals surface area contributed by atoms with Crippen molar-refractivity contribution < 1.29 is 13.9 Å². The van der Waals surface area contributed by atoms with Crippen molar-refractivity contribution in [2.75, 3.05) is 36.5 Å². The van der Waals surface area contributed by atoms with Gasteiger partial charge in [0.05, 0.1) is 18.9 Å². The van der Waals surface area contributed by atoms with Crippen LogP contribution in [-0.4, -0.2) is 42.2 Å². The van der Waals surface area contributed by atoms with E-state index in [1.165, 1.54) is 24.5 Å². The largest absolute Gasteiger partial charge is 0.378 e. The van der Waals surface area contributed by atoms with E-state index < -0.39 is 11.7 Å². The normalized spacial score (nSPS) is 14.6. The molecule has 0 atom stereocenters. The Labute approximate surface area is 133 Å². The van der Waals surface area contributed by atoms with Crippen molar-refractivity contribution in [2.24, 2.45) is 0 Å². The van der Waals surface area contributed by atoms with E-state index in [9.17, 15) is 9.18 Å². The minimum absolute atomic E-state index is 0.227. The van der Waals surface area contributed by atoms with Crippen molar-refractivity contribution in [2.45, 2.75) is 6.92 Å². The number of morpholine rings is 1. The molecule has 0 spiro atoms. The number of carbonyl (C=O) groups is 1. The molecule has 2 aromatic rings. The number of ether oxygens (including phenoxy) is 1. The smallest absolute Gasteiger partial charge is 0.276 e. The van der Waals surface area contributed by atoms with Gasteiger partial charge in [-0.3, -0.25) is 9.78 Å². The molecule has 2 heterocycles. The maximum Gasteiger partial charge on any atom is 0.276 e. The molecule has 1 aliphatic heterocycles. The fourth-order valence-corrected chi connectivity index (χ4v) is 2.47. The number of halogens is 1. The molecule has 1 amide bonds. The number of aryl methyl sites for hydroxylation is 1. The average molecular weight is 316 g/mol. The van der Waals surface area contributed by atoms with Crippen LogP contribution in [-0.2, 0) is 4.74 Å². The summed E-state index contributed by atoms with van der Waals surface area (Å²) in [5.41, 5.74) is 1.86. The molecule has 23 heavy (non-hydrogen) atoms. The third kappa shape index (κ3) is 3.62. The molecule has 0 saturated carbocycles. The van der Waals surface area contributed by atoms with Gasteiger partial charge in [-0.05, 0) is 25.1 Å². The second kappa shape index (κ2) is 6.70. The first-order chi connectivity index (χ1) is 11.1. The monoisotopic (exact) mass is 316 g/mol. The molecule has 120 valence electrons. The summed E-state index contributed by atoms with van der Waals surface area (Å²) in [6, 6.07) is 4.49. The van der Waals surface area contributed by atoms with E-state index >= 15 is 0 Å². The summed E-state index contributed by atoms with van der Waals surface area (Å²) in [4.78, 5) is 22.3. The highest BCUT2D eigenvalue weighted by Gasteiger charge is 2.15. The van der Waals surface area contributed by atoms with E-state index in [-0.39, 0.29) is 5.69 Å². The lowest BCUT2D eigenvalue weighted by molar-refractivity contribution is 0.102. The van der Waals surface area contributed by atoms with Crippen molar-refractivity contribution in [3.05, 3.63) is 47.8 Å². The highest BCUT2D eigenvalue weighted by atomic mass is 19.1. The molecular formula is C16H17FN4O2. The zero-order valence-corrected chi connectivity index (χ0v) is 12.8. The van der Waals surface area contributed by atoms with Crippen molar-refractivity contribution >= 4 is 17.3 Å². The Morgan fingerprint density at radius 2 is 1.96 bits per heavy atom. The Bertz CT molecular complexity index is 717. The third-order valence-electron chi connectivity index (χ3n) is 3.61. The van der Waals surface area contributed by atoms with Crippen molar-refractivity contribution in [1.29, 1.82) is 0 Å². The van der Waals surface area contributed by atoms with Gasteiger partial charge in [0.1, 0.15) is 11.5 Å². The van der Waals surface area contributed by atoms with Crippen LogP contribution < -0.4 is 10.2 Å². The quantitative estimate of drug-likeness (QED) is 0.938. The summed E-state index contributed by atoms with van der Waals surface area (Å²) in [5.74, 6) is -0.811. The number of benzene rings is 1. The van der Waals surface area contributed by atoms with Crippen LogP contribution in [0.15, 0.2) is 30.6 Å². The molecule has 3 rings (SSSR count). The molecule has 1 N–H and O–H groups in total. The van der Waals surface area contributed by atoms with E-state index in [2.05, 4.69) is 15.3 Å². The maximum absolute atomic E-state index is 13.9. The summed E-state index contributed by atoms with van der Waals surface area (Å²) in [6.45, 7) is 4.31. The molecule has 1 fully saturated rings. The highest BCUT2D eigenvalue weighted by molar-refractivity contribution is 6.03. The van der Waals surface area contributed by atoms with Gasteiger partial charge >= 0.3 is 0 Å². The minimum atomic E-state index is -0.408. The highest BCUT2D eigenvalue weighted by Crippen LogP contribution is 2.23. The van der Waals surface area contributed by atoms with Gasteiger partial charge in [-0.2, -0.15) is 0 Å². The zero-order valence-electron chi connectivity index (χ0n) is 12.8. The molecule has 0 radical (unpaired) electrons. The molecule has 6 nitrogen and oxygen atoms in total. The molecule has 7 heteroatoms. The molecule has 0 aliphatic carbocycles. The predicted molar refractivity (Wildman–Crippen MR) is 84.2 cm³/mol. The third-order valence-corrected chi connectivity index (χ3v) is 3.61. The molecule has 0 bridgehead atoms. The minimum Gasteiger partial charge on any atom is -0.378 e. The topological polar surface area (TPSA) is 67.4 Å². The van der Waals surface area contributed by atoms with Crippen LogP contribution in [0.5, 0.6) is 0 Å². The first kappa shape index (κ1) is 15.4. The summed E-state index contributed by atoms with van der Waals surface area (Å²) in [7, 11) is 0. The number of amides is 1. The Balaban J connectivity index is 1.81. The number of nitrogens with zero attached hydrogens (tertiary/aromatic N) is 3. The van der Waals surface area contributed by atoms with Gasteiger partial charge < -0.3 is 15.0 Å². The Kier molecular flexibility index (Phi) is 4.47. The molecule has 1 saturated heterocycles. The number of anilines is 2. The van der Waals surface area contributed by atoms with Crippen LogP contribution in [0.4, 0.5) is 15.8 Å². The van der Waals surface area contributed by atoms with Crippen LogP contribution in [0.2, 0.25) is 0 Å². The number of carbonyl (C=O) groups excluding carboxylic acids is 1. The van der Waals surface area contributed by atoms with Crippen LogP contribution in [0.3, 0.4) is 0 Å². The van der Waals surface area contributed by atoms with E-state index in [4.69, 9.17) is 4.74 Å². The van der Waals surface area contributed by atoms with Crippen LogP contribution in [0, 0.1) is 12.7 Å². The van der Waals surface area contributed by atoms with Crippen LogP contribution in [0.1, 0.15) is 16.2 Å². The number of nitrogens with one attached hydrogen (secondary N) is 1. The van der Waals surface area contributed by atoms with Gasteiger partial charge in [0.2, 0.25) is 0 Å². The van der Waals surface area contributed by atoms with Gasteiger partial charge in [-0.1, -0.05) is 0 Å². The first-order valence-corrected chi connectivity index (χ1v) is 7.36. The van der Waals surface area contributed by atoms with Gasteiger partial charge in [-0.25, -0.2) is 9.37 Å². The molecular weight excluding hydrogens is 299 g/mol. The maximum atomic E-state index is 13.9. The second-order valence-electron chi connectivity index (χ2n) is 5.24. The molecule has 1 aliphatic rings. The fourth-order valence-electron chi connectivity index (χ4n) is 2.47. The number of aromatic nitrogens is 2. The van der Waals surface area contributed by atoms with Gasteiger partial charge in [0.15, 0.2) is 0 Å². The van der Waals surface area contributed by atoms with E-state index in [1.54, 1.807) is 13.0 Å². The summed E-state index contributed by atoms with van der Waals surface area (Å²) < 4.78 is 19.2. The Hall–Kier alpha value is -2.54. The van der Waals surface area contributed by atoms with E-state index in [1.807, 2.05) is 4.90 Å². The summed E-state index contributed by atoms with van der Waals surface area (Å²) in [6.07, 6.45) is 2.97. The molecule has 0 unspecified atom stereocenters. The lowest BCUT2D eigenvalue weighted by atomic mass is 10.2. The average Bonchev–Trinajstić information content (AvgIpc) is 2.55. The van der Waals surface area contributed by atoms with E-state index in [0.717, 1.165) is 5.69 Å². The predicted octanol–water partition coefficient (Wildman–Crippen LogP) is 2.01. The fraction of sp³-hybridized carbons (Fsp3) is 0.312. The zero-order chi connectivity index (χ0) is 16.2. The molecule has 1 aromatic carbocycles. The Morgan fingerprint density at radius 1 is 1.22 bits per heavy atom. The van der Waals surface area contributed by atoms with Crippen molar-refractivity contribution in [3.8, 4) is 0 Å². The van der Waals surface area contributed by atoms with Crippen LogP contribution >= 0.6 is 0 Å². The first-order valence-electron chi connectivity index (χ1n) is 7.36. The SMILES string of the molecule is Cc1nccnc1C(=O)Nc1cc(F)cc(N2CCOCC2)c1. The van der Waals surface area contributed by atoms with Crippen molar-refractivity contribution in [3.63, 3.8) is 0 Å². The Morgan fingerprint density at radius 3 is 2.70 bits per heavy atom. The number of rotatable bonds is 3. The second-order valence-corrected chi connectivity index (χ2v) is 5.24. The lowest BCUT2D eigenvalue weighted by Crippen LogP contribution is -2.36. The van der Waals surface area contributed by atoms with Gasteiger partial charge in [0, 0.05) is 36.9 Å². The summed E-state index contributed by atoms with van der Waals surface area (Å²) >= 11 is 0. The standard InChI is InChI=1S/C16H17FN4O2/c1-11-15(19-3-2-18-11)16(22)20-13-8-12(17)9-14(10-13)21-4-6-23-7-5-21/h2-3,8-10H,4-7H2,1H3,(H,20,22). The number of hydrogen-bond donors (Lipinski definition) is 1. The summed E-state index contributed by atoms with van der Waals surface area (Å²) in [5, 5.41) is 2.68. The number of hydrogen-bond acceptors (Lipinski definition) is 5. The van der Waals surface area contributed by atoms with Gasteiger partial charge in [-0.15, -0.1) is 0 Å². The lowest BCUT2D eigenvalue weighted by Gasteiger charge is -2.29.